The van der Waals surface area contributed by atoms with E-state index in [9.17, 15) is 8.42 Å². The van der Waals surface area contributed by atoms with Crippen molar-refractivity contribution in [1.29, 1.82) is 0 Å². The summed E-state index contributed by atoms with van der Waals surface area (Å²) in [5.41, 5.74) is 2.01. The average Bonchev–Trinajstić information content (AvgIpc) is 3.01. The van der Waals surface area contributed by atoms with Crippen molar-refractivity contribution in [2.45, 2.75) is 18.6 Å². The number of halogens is 3. The lowest BCUT2D eigenvalue weighted by Gasteiger charge is -2.25. The summed E-state index contributed by atoms with van der Waals surface area (Å²) in [5.74, 6) is 1.41. The predicted octanol–water partition coefficient (Wildman–Crippen LogP) is 5.38. The van der Waals surface area contributed by atoms with Crippen LogP contribution in [0.4, 0.5) is 0 Å². The molecule has 0 radical (unpaired) electrons. The highest BCUT2D eigenvalue weighted by Crippen LogP contribution is 2.47. The zero-order valence-electron chi connectivity index (χ0n) is 18.4. The fraction of sp³-hybridized carbons (Fsp3) is 0.318. The van der Waals surface area contributed by atoms with E-state index in [-0.39, 0.29) is 23.3 Å². The number of fused-ring (bicyclic) bond motifs is 3. The maximum Gasteiger partial charge on any atom is 0.264 e. The normalized spacial score (nSPS) is 17.6. The Bertz CT molecular complexity index is 1330. The summed E-state index contributed by atoms with van der Waals surface area (Å²) in [7, 11) is -0.565. The lowest BCUT2D eigenvalue weighted by atomic mass is 9.98. The van der Waals surface area contributed by atoms with Gasteiger partial charge < -0.3 is 14.2 Å². The molecule has 4 rings (SSSR count). The van der Waals surface area contributed by atoms with Crippen molar-refractivity contribution < 1.29 is 26.8 Å². The Balaban J connectivity index is 1.92. The first kappa shape index (κ1) is 25.1. The predicted molar refractivity (Wildman–Crippen MR) is 129 cm³/mol. The summed E-state index contributed by atoms with van der Waals surface area (Å²) in [6, 6.07) is 10.7. The third kappa shape index (κ3) is 4.86. The molecule has 2 heterocycles. The van der Waals surface area contributed by atoms with Crippen LogP contribution in [0.2, 0.25) is 15.3 Å². The van der Waals surface area contributed by atoms with Gasteiger partial charge in [0, 0.05) is 22.6 Å². The minimum absolute atomic E-state index is 0.0904. The maximum absolute atomic E-state index is 11.5. The number of methoxy groups -OCH3 is 2. The van der Waals surface area contributed by atoms with Gasteiger partial charge in [-0.25, -0.2) is 4.98 Å². The smallest absolute Gasteiger partial charge is 0.264 e. The average molecular weight is 548 g/mol. The molecule has 0 saturated heterocycles. The van der Waals surface area contributed by atoms with Crippen LogP contribution in [0.15, 0.2) is 36.4 Å². The van der Waals surface area contributed by atoms with E-state index >= 15 is 0 Å². The number of rotatable bonds is 7. The first-order chi connectivity index (χ1) is 16.1. The molecule has 1 aromatic heterocycles. The van der Waals surface area contributed by atoms with Crippen LogP contribution in [0.1, 0.15) is 35.6 Å². The molecule has 12 heteroatoms. The zero-order valence-corrected chi connectivity index (χ0v) is 21.5. The molecule has 2 atom stereocenters. The van der Waals surface area contributed by atoms with Crippen LogP contribution < -0.4 is 9.47 Å². The molecule has 0 amide bonds. The molecule has 34 heavy (non-hydrogen) atoms. The van der Waals surface area contributed by atoms with Crippen LogP contribution in [-0.2, 0) is 19.0 Å². The number of aromatic nitrogens is 2. The van der Waals surface area contributed by atoms with Gasteiger partial charge in [0.1, 0.15) is 18.0 Å². The molecule has 0 bridgehead atoms. The Hall–Kier alpha value is -2.01. The van der Waals surface area contributed by atoms with Gasteiger partial charge in [-0.05, 0) is 24.3 Å². The van der Waals surface area contributed by atoms with Crippen molar-refractivity contribution in [3.05, 3.63) is 68.7 Å². The second-order valence-electron chi connectivity index (χ2n) is 7.49. The molecule has 0 N–H and O–H groups in total. The third-order valence-corrected chi connectivity index (χ3v) is 6.84. The van der Waals surface area contributed by atoms with Gasteiger partial charge in [0.15, 0.2) is 21.8 Å². The molecule has 0 saturated carbocycles. The maximum atomic E-state index is 11.5. The van der Waals surface area contributed by atoms with Crippen LogP contribution >= 0.6 is 34.8 Å². The Morgan fingerprint density at radius 2 is 1.85 bits per heavy atom. The third-order valence-electron chi connectivity index (χ3n) is 5.30. The van der Waals surface area contributed by atoms with Crippen LogP contribution in [-0.4, -0.2) is 45.1 Å². The molecular formula is C22H21Cl3N2O6S. The highest BCUT2D eigenvalue weighted by atomic mass is 35.5. The number of hydrogen-bond acceptors (Lipinski definition) is 7. The molecule has 3 aromatic rings. The SMILES string of the molecule is COc1cccc(C2OC(CCOS(C)(=O)=O)c3nc(Cl)c(Cl)n3-c3ccc(Cl)cc32)c1OC. The lowest BCUT2D eigenvalue weighted by molar-refractivity contribution is -0.00739. The Kier molecular flexibility index (Phi) is 7.33. The largest absolute Gasteiger partial charge is 0.493 e. The van der Waals surface area contributed by atoms with Crippen LogP contribution in [0.25, 0.3) is 5.69 Å². The molecular weight excluding hydrogens is 527 g/mol. The summed E-state index contributed by atoms with van der Waals surface area (Å²) >= 11 is 19.2. The van der Waals surface area contributed by atoms with Crippen LogP contribution in [0, 0.1) is 0 Å². The standard InChI is InChI=1S/C22H21Cl3N2O6S/c1-30-16-6-4-5-13(19(16)31-2)18-14-11-12(23)7-8-15(14)27-21(25)20(24)26-22(27)17(33-18)9-10-32-34(3,28)29/h4-8,11,17-18H,9-10H2,1-3H3. The van der Waals surface area contributed by atoms with E-state index in [1.165, 1.54) is 7.11 Å². The van der Waals surface area contributed by atoms with E-state index in [1.54, 1.807) is 35.9 Å². The lowest BCUT2D eigenvalue weighted by Crippen LogP contribution is -2.15. The van der Waals surface area contributed by atoms with E-state index in [2.05, 4.69) is 4.98 Å². The molecule has 182 valence electrons. The van der Waals surface area contributed by atoms with Crippen LogP contribution in [0.5, 0.6) is 11.5 Å². The van der Waals surface area contributed by atoms with Crippen molar-refractivity contribution in [2.24, 2.45) is 0 Å². The molecule has 0 aliphatic carbocycles. The highest BCUT2D eigenvalue weighted by Gasteiger charge is 2.36. The highest BCUT2D eigenvalue weighted by molar-refractivity contribution is 7.85. The fourth-order valence-electron chi connectivity index (χ4n) is 3.94. The summed E-state index contributed by atoms with van der Waals surface area (Å²) < 4.78 is 47.4. The molecule has 1 aliphatic heterocycles. The van der Waals surface area contributed by atoms with Gasteiger partial charge >= 0.3 is 0 Å². The van der Waals surface area contributed by atoms with E-state index in [0.717, 1.165) is 6.26 Å². The Morgan fingerprint density at radius 1 is 1.09 bits per heavy atom. The van der Waals surface area contributed by atoms with E-state index in [4.69, 9.17) is 53.2 Å². The Morgan fingerprint density at radius 3 is 2.53 bits per heavy atom. The quantitative estimate of drug-likeness (QED) is 0.367. The zero-order chi connectivity index (χ0) is 24.6. The number of nitrogens with zero attached hydrogens (tertiary/aromatic N) is 2. The van der Waals surface area contributed by atoms with Crippen molar-refractivity contribution in [3.8, 4) is 17.2 Å². The van der Waals surface area contributed by atoms with Crippen LogP contribution in [0.3, 0.4) is 0 Å². The number of hydrogen-bond donors (Lipinski definition) is 0. The van der Waals surface area contributed by atoms with Gasteiger partial charge in [-0.2, -0.15) is 8.42 Å². The number of para-hydroxylation sites is 1. The van der Waals surface area contributed by atoms with Crippen molar-refractivity contribution in [3.63, 3.8) is 0 Å². The van der Waals surface area contributed by atoms with E-state index in [0.29, 0.717) is 39.2 Å². The second kappa shape index (κ2) is 9.93. The number of ether oxygens (including phenoxy) is 3. The molecule has 0 fully saturated rings. The molecule has 2 aromatic carbocycles. The van der Waals surface area contributed by atoms with Gasteiger partial charge in [0.25, 0.3) is 10.1 Å². The summed E-state index contributed by atoms with van der Waals surface area (Å²) in [5, 5.41) is 0.765. The molecule has 8 nitrogen and oxygen atoms in total. The monoisotopic (exact) mass is 546 g/mol. The first-order valence-corrected chi connectivity index (χ1v) is 13.0. The summed E-state index contributed by atoms with van der Waals surface area (Å²) in [6.07, 6.45) is -0.295. The van der Waals surface area contributed by atoms with E-state index in [1.807, 2.05) is 12.1 Å². The first-order valence-electron chi connectivity index (χ1n) is 10.1. The van der Waals surface area contributed by atoms with E-state index < -0.39 is 22.3 Å². The molecule has 1 aliphatic rings. The van der Waals surface area contributed by atoms with Crippen molar-refractivity contribution in [2.75, 3.05) is 27.1 Å². The Labute approximate surface area is 212 Å². The molecule has 0 spiro atoms. The van der Waals surface area contributed by atoms with Gasteiger partial charge in [0.2, 0.25) is 0 Å². The number of imidazole rings is 1. The minimum Gasteiger partial charge on any atom is -0.493 e. The minimum atomic E-state index is -3.65. The van der Waals surface area contributed by atoms with Crippen molar-refractivity contribution in [1.82, 2.24) is 9.55 Å². The topological polar surface area (TPSA) is 88.9 Å². The van der Waals surface area contributed by atoms with Crippen molar-refractivity contribution >= 4 is 44.9 Å². The second-order valence-corrected chi connectivity index (χ2v) is 10.3. The van der Waals surface area contributed by atoms with Gasteiger partial charge in [0.05, 0.1) is 32.8 Å². The van der Waals surface area contributed by atoms with Gasteiger partial charge in [-0.3, -0.25) is 8.75 Å². The summed E-state index contributed by atoms with van der Waals surface area (Å²) in [4.78, 5) is 4.41. The number of benzene rings is 2. The van der Waals surface area contributed by atoms with Gasteiger partial charge in [-0.1, -0.05) is 46.9 Å². The van der Waals surface area contributed by atoms with Gasteiger partial charge in [-0.15, -0.1) is 0 Å². The molecule has 2 unspecified atom stereocenters. The summed E-state index contributed by atoms with van der Waals surface area (Å²) in [6.45, 7) is -0.134. The fourth-order valence-corrected chi connectivity index (χ4v) is 4.91.